The number of carbonyl (C=O) groups is 3. The normalized spacial score (nSPS) is 12.8. The molecule has 8 nitrogen and oxygen atoms in total. The van der Waals surface area contributed by atoms with Gasteiger partial charge in [0.1, 0.15) is 6.04 Å². The molecule has 8 heteroatoms. The number of rotatable bonds is 7. The first-order chi connectivity index (χ1) is 9.44. The number of hydrogen-bond donors (Lipinski definition) is 3. The minimum Gasteiger partial charge on any atom is -0.453 e. The van der Waals surface area contributed by atoms with Crippen molar-refractivity contribution in [2.75, 3.05) is 21.3 Å². The molecule has 2 atom stereocenters. The largest absolute Gasteiger partial charge is 0.453 e. The number of amides is 3. The molecule has 0 aromatic heterocycles. The maximum atomic E-state index is 11.6. The lowest BCUT2D eigenvalue weighted by atomic mass is 10.1. The van der Waals surface area contributed by atoms with Gasteiger partial charge in [-0.05, 0) is 26.2 Å². The molecule has 0 rings (SSSR count). The minimum atomic E-state index is -0.655. The van der Waals surface area contributed by atoms with Gasteiger partial charge in [-0.15, -0.1) is 0 Å². The average molecular weight is 289 g/mol. The molecule has 2 unspecified atom stereocenters. The molecule has 0 aliphatic rings. The van der Waals surface area contributed by atoms with Crippen molar-refractivity contribution in [2.45, 2.75) is 38.3 Å². The second kappa shape index (κ2) is 9.88. The van der Waals surface area contributed by atoms with Crippen molar-refractivity contribution in [2.24, 2.45) is 0 Å². The second-order valence-electron chi connectivity index (χ2n) is 4.27. The van der Waals surface area contributed by atoms with E-state index in [2.05, 4.69) is 25.4 Å². The zero-order chi connectivity index (χ0) is 15.5. The number of hydrogen-bond acceptors (Lipinski definition) is 5. The fraction of sp³-hybridized carbons (Fsp3) is 0.750. The smallest absolute Gasteiger partial charge is 0.407 e. The van der Waals surface area contributed by atoms with E-state index in [-0.39, 0.29) is 11.9 Å². The van der Waals surface area contributed by atoms with E-state index in [0.29, 0.717) is 19.3 Å². The van der Waals surface area contributed by atoms with E-state index in [4.69, 9.17) is 0 Å². The Hall–Kier alpha value is -1.99. The van der Waals surface area contributed by atoms with E-state index in [1.54, 1.807) is 0 Å². The van der Waals surface area contributed by atoms with E-state index in [9.17, 15) is 14.4 Å². The van der Waals surface area contributed by atoms with E-state index in [1.807, 2.05) is 6.92 Å². The highest BCUT2D eigenvalue weighted by Crippen LogP contribution is 2.05. The third kappa shape index (κ3) is 7.45. The molecular formula is C12H23N3O5. The van der Waals surface area contributed by atoms with Crippen molar-refractivity contribution < 1.29 is 23.9 Å². The highest BCUT2D eigenvalue weighted by atomic mass is 16.5. The summed E-state index contributed by atoms with van der Waals surface area (Å²) in [4.78, 5) is 33.7. The van der Waals surface area contributed by atoms with Crippen LogP contribution in [0, 0.1) is 0 Å². The number of ether oxygens (including phenoxy) is 2. The lowest BCUT2D eigenvalue weighted by Crippen LogP contribution is -2.45. The molecule has 0 saturated heterocycles. The molecule has 20 heavy (non-hydrogen) atoms. The minimum absolute atomic E-state index is 0.0779. The van der Waals surface area contributed by atoms with Gasteiger partial charge in [0, 0.05) is 13.1 Å². The topological polar surface area (TPSA) is 106 Å². The Morgan fingerprint density at radius 1 is 1.00 bits per heavy atom. The molecule has 3 amide bonds. The predicted octanol–water partition coefficient (Wildman–Crippen LogP) is 0.372. The lowest BCUT2D eigenvalue weighted by Gasteiger charge is -2.18. The van der Waals surface area contributed by atoms with Gasteiger partial charge in [0.15, 0.2) is 0 Å². The van der Waals surface area contributed by atoms with Crippen molar-refractivity contribution in [3.05, 3.63) is 0 Å². The SMILES string of the molecule is CNC(=O)C(CCCC(C)NC(=O)OC)NC(=O)OC. The van der Waals surface area contributed by atoms with Crippen molar-refractivity contribution in [1.29, 1.82) is 0 Å². The van der Waals surface area contributed by atoms with Crippen molar-refractivity contribution >= 4 is 18.1 Å². The van der Waals surface area contributed by atoms with Crippen molar-refractivity contribution in [3.63, 3.8) is 0 Å². The van der Waals surface area contributed by atoms with Crippen LogP contribution in [0.3, 0.4) is 0 Å². The average Bonchev–Trinajstić information content (AvgIpc) is 2.44. The number of likely N-dealkylation sites (N-methyl/N-ethyl adjacent to an activating group) is 1. The second-order valence-corrected chi connectivity index (χ2v) is 4.27. The van der Waals surface area contributed by atoms with Gasteiger partial charge in [-0.1, -0.05) is 0 Å². The Morgan fingerprint density at radius 2 is 1.55 bits per heavy atom. The Morgan fingerprint density at radius 3 is 2.05 bits per heavy atom. The fourth-order valence-electron chi connectivity index (χ4n) is 1.60. The van der Waals surface area contributed by atoms with Gasteiger partial charge in [0.05, 0.1) is 14.2 Å². The molecule has 0 saturated carbocycles. The Kier molecular flexibility index (Phi) is 8.89. The monoisotopic (exact) mass is 289 g/mol. The summed E-state index contributed by atoms with van der Waals surface area (Å²) in [7, 11) is 4.03. The maximum absolute atomic E-state index is 11.6. The van der Waals surface area contributed by atoms with E-state index >= 15 is 0 Å². The zero-order valence-corrected chi connectivity index (χ0v) is 12.3. The van der Waals surface area contributed by atoms with Crippen LogP contribution < -0.4 is 16.0 Å². The molecule has 0 heterocycles. The summed E-state index contributed by atoms with van der Waals surface area (Å²) in [6, 6.07) is -0.733. The van der Waals surface area contributed by atoms with Gasteiger partial charge in [-0.25, -0.2) is 9.59 Å². The summed E-state index contributed by atoms with van der Waals surface area (Å²) < 4.78 is 8.95. The van der Waals surface area contributed by atoms with Gasteiger partial charge in [-0.3, -0.25) is 4.79 Å². The third-order valence-corrected chi connectivity index (χ3v) is 2.72. The van der Waals surface area contributed by atoms with Gasteiger partial charge in [0.25, 0.3) is 0 Å². The number of alkyl carbamates (subject to hydrolysis) is 2. The van der Waals surface area contributed by atoms with Gasteiger partial charge in [-0.2, -0.15) is 0 Å². The van der Waals surface area contributed by atoms with Gasteiger partial charge in [0.2, 0.25) is 5.91 Å². The first kappa shape index (κ1) is 18.0. The van der Waals surface area contributed by atoms with Crippen LogP contribution in [0.25, 0.3) is 0 Å². The van der Waals surface area contributed by atoms with E-state index in [1.165, 1.54) is 21.3 Å². The standard InChI is InChI=1S/C12H23N3O5/c1-8(14-11(17)19-3)6-5-7-9(10(16)13-2)15-12(18)20-4/h8-9H,5-7H2,1-4H3,(H,13,16)(H,14,17)(H,15,18). The summed E-state index contributed by atoms with van der Waals surface area (Å²) >= 11 is 0. The van der Waals surface area contributed by atoms with E-state index < -0.39 is 18.2 Å². The van der Waals surface area contributed by atoms with Crippen LogP contribution in [0.4, 0.5) is 9.59 Å². The quantitative estimate of drug-likeness (QED) is 0.628. The van der Waals surface area contributed by atoms with Crippen LogP contribution in [-0.2, 0) is 14.3 Å². The highest BCUT2D eigenvalue weighted by Gasteiger charge is 2.20. The Bertz CT molecular complexity index is 335. The summed E-state index contributed by atoms with van der Waals surface area (Å²) in [6.45, 7) is 1.83. The first-order valence-electron chi connectivity index (χ1n) is 6.35. The van der Waals surface area contributed by atoms with Crippen LogP contribution in [0.2, 0.25) is 0 Å². The highest BCUT2D eigenvalue weighted by molar-refractivity contribution is 5.85. The molecular weight excluding hydrogens is 266 g/mol. The van der Waals surface area contributed by atoms with Crippen molar-refractivity contribution in [1.82, 2.24) is 16.0 Å². The van der Waals surface area contributed by atoms with Crippen LogP contribution in [0.15, 0.2) is 0 Å². The molecule has 3 N–H and O–H groups in total. The summed E-state index contributed by atoms with van der Waals surface area (Å²) in [5.74, 6) is -0.288. The Balaban J connectivity index is 4.16. The molecule has 0 aromatic carbocycles. The van der Waals surface area contributed by atoms with Crippen LogP contribution in [-0.4, -0.2) is 51.4 Å². The molecule has 0 bridgehead atoms. The number of carbonyl (C=O) groups excluding carboxylic acids is 3. The molecule has 0 aliphatic carbocycles. The van der Waals surface area contributed by atoms with Crippen LogP contribution in [0.5, 0.6) is 0 Å². The lowest BCUT2D eigenvalue weighted by molar-refractivity contribution is -0.122. The van der Waals surface area contributed by atoms with Crippen LogP contribution >= 0.6 is 0 Å². The molecule has 116 valence electrons. The molecule has 0 aromatic rings. The predicted molar refractivity (Wildman–Crippen MR) is 72.2 cm³/mol. The Labute approximate surface area is 118 Å². The van der Waals surface area contributed by atoms with Crippen LogP contribution in [0.1, 0.15) is 26.2 Å². The number of methoxy groups -OCH3 is 2. The number of nitrogens with one attached hydrogen (secondary N) is 3. The third-order valence-electron chi connectivity index (χ3n) is 2.72. The fourth-order valence-corrected chi connectivity index (χ4v) is 1.60. The zero-order valence-electron chi connectivity index (χ0n) is 12.3. The molecule has 0 aliphatic heterocycles. The van der Waals surface area contributed by atoms with E-state index in [0.717, 1.165) is 0 Å². The maximum Gasteiger partial charge on any atom is 0.407 e. The first-order valence-corrected chi connectivity index (χ1v) is 6.35. The summed E-state index contributed by atoms with van der Waals surface area (Å²) in [5.41, 5.74) is 0. The summed E-state index contributed by atoms with van der Waals surface area (Å²) in [5, 5.41) is 7.56. The summed E-state index contributed by atoms with van der Waals surface area (Å²) in [6.07, 6.45) is 0.605. The molecule has 0 fully saturated rings. The van der Waals surface area contributed by atoms with Gasteiger partial charge < -0.3 is 25.4 Å². The molecule has 0 spiro atoms. The molecule has 0 radical (unpaired) electrons. The van der Waals surface area contributed by atoms with Crippen molar-refractivity contribution in [3.8, 4) is 0 Å². The van der Waals surface area contributed by atoms with Gasteiger partial charge >= 0.3 is 12.2 Å².